The van der Waals surface area contributed by atoms with Crippen molar-refractivity contribution < 1.29 is 0 Å². The van der Waals surface area contributed by atoms with Crippen LogP contribution in [0.3, 0.4) is 0 Å². The molecule has 0 radical (unpaired) electrons. The molecular formula is C15H18N2. The lowest BCUT2D eigenvalue weighted by molar-refractivity contribution is 0.559. The molecule has 2 nitrogen and oxygen atoms in total. The van der Waals surface area contributed by atoms with E-state index < -0.39 is 0 Å². The quantitative estimate of drug-likeness (QED) is 0.855. The van der Waals surface area contributed by atoms with Crippen molar-refractivity contribution in [3.8, 4) is 0 Å². The minimum absolute atomic E-state index is 0.340. The SMILES string of the molecule is CC1(C)[C@H](CN)[C@H]1c1cccc2cnccc12. The van der Waals surface area contributed by atoms with Gasteiger partial charge in [-0.15, -0.1) is 0 Å². The van der Waals surface area contributed by atoms with E-state index in [1.54, 1.807) is 0 Å². The Balaban J connectivity index is 2.14. The van der Waals surface area contributed by atoms with Crippen LogP contribution in [0.2, 0.25) is 0 Å². The number of fused-ring (bicyclic) bond motifs is 1. The Kier molecular flexibility index (Phi) is 2.23. The highest BCUT2D eigenvalue weighted by Crippen LogP contribution is 2.64. The molecular weight excluding hydrogens is 208 g/mol. The summed E-state index contributed by atoms with van der Waals surface area (Å²) in [5.41, 5.74) is 7.64. The summed E-state index contributed by atoms with van der Waals surface area (Å²) in [6.07, 6.45) is 3.81. The first-order valence-corrected chi connectivity index (χ1v) is 6.19. The maximum atomic E-state index is 5.87. The summed E-state index contributed by atoms with van der Waals surface area (Å²) < 4.78 is 0. The first kappa shape index (κ1) is 10.7. The number of pyridine rings is 1. The van der Waals surface area contributed by atoms with Crippen LogP contribution in [0.15, 0.2) is 36.7 Å². The lowest BCUT2D eigenvalue weighted by atomic mass is 9.98. The smallest absolute Gasteiger partial charge is 0.0346 e. The topological polar surface area (TPSA) is 38.9 Å². The van der Waals surface area contributed by atoms with Crippen LogP contribution in [0.1, 0.15) is 25.3 Å². The van der Waals surface area contributed by atoms with Crippen molar-refractivity contribution in [2.45, 2.75) is 19.8 Å². The monoisotopic (exact) mass is 226 g/mol. The van der Waals surface area contributed by atoms with Gasteiger partial charge in [0.15, 0.2) is 0 Å². The van der Waals surface area contributed by atoms with Gasteiger partial charge in [0.25, 0.3) is 0 Å². The lowest BCUT2D eigenvalue weighted by Gasteiger charge is -2.07. The number of hydrogen-bond donors (Lipinski definition) is 1. The van der Waals surface area contributed by atoms with E-state index in [0.717, 1.165) is 6.54 Å². The Bertz CT molecular complexity index is 554. The van der Waals surface area contributed by atoms with Crippen LogP contribution in [0, 0.1) is 11.3 Å². The Morgan fingerprint density at radius 2 is 2.12 bits per heavy atom. The molecule has 1 heterocycles. The van der Waals surface area contributed by atoms with E-state index in [4.69, 9.17) is 5.73 Å². The predicted molar refractivity (Wildman–Crippen MR) is 70.8 cm³/mol. The number of hydrogen-bond acceptors (Lipinski definition) is 2. The van der Waals surface area contributed by atoms with Crippen LogP contribution in [0.4, 0.5) is 0 Å². The van der Waals surface area contributed by atoms with Crippen molar-refractivity contribution in [1.82, 2.24) is 4.98 Å². The first-order valence-electron chi connectivity index (χ1n) is 6.19. The van der Waals surface area contributed by atoms with E-state index in [-0.39, 0.29) is 0 Å². The van der Waals surface area contributed by atoms with Gasteiger partial charge in [-0.25, -0.2) is 0 Å². The number of rotatable bonds is 2. The average Bonchev–Trinajstić information content (AvgIpc) is 2.90. The molecule has 0 bridgehead atoms. The lowest BCUT2D eigenvalue weighted by Crippen LogP contribution is -2.05. The summed E-state index contributed by atoms with van der Waals surface area (Å²) in [6, 6.07) is 8.61. The second-order valence-electron chi connectivity index (χ2n) is 5.59. The Labute approximate surface area is 102 Å². The molecule has 3 rings (SSSR count). The third-order valence-corrected chi connectivity index (χ3v) is 4.35. The van der Waals surface area contributed by atoms with E-state index in [1.165, 1.54) is 16.3 Å². The highest BCUT2D eigenvalue weighted by molar-refractivity contribution is 5.85. The molecule has 1 fully saturated rings. The second-order valence-corrected chi connectivity index (χ2v) is 5.59. The summed E-state index contributed by atoms with van der Waals surface area (Å²) in [5.74, 6) is 1.21. The van der Waals surface area contributed by atoms with Crippen molar-refractivity contribution in [3.05, 3.63) is 42.2 Å². The molecule has 0 aliphatic heterocycles. The molecule has 17 heavy (non-hydrogen) atoms. The minimum atomic E-state index is 0.340. The van der Waals surface area contributed by atoms with Gasteiger partial charge in [-0.05, 0) is 40.8 Å². The van der Waals surface area contributed by atoms with Gasteiger partial charge in [-0.2, -0.15) is 0 Å². The van der Waals surface area contributed by atoms with Crippen molar-refractivity contribution in [2.24, 2.45) is 17.1 Å². The summed E-state index contributed by atoms with van der Waals surface area (Å²) in [4.78, 5) is 4.18. The normalized spacial score (nSPS) is 26.1. The molecule has 2 aromatic rings. The van der Waals surface area contributed by atoms with Gasteiger partial charge in [-0.1, -0.05) is 32.0 Å². The maximum absolute atomic E-state index is 5.87. The molecule has 88 valence electrons. The fourth-order valence-electron chi connectivity index (χ4n) is 3.22. The van der Waals surface area contributed by atoms with Crippen LogP contribution >= 0.6 is 0 Å². The number of nitrogens with two attached hydrogens (primary N) is 1. The van der Waals surface area contributed by atoms with E-state index >= 15 is 0 Å². The van der Waals surface area contributed by atoms with Crippen LogP contribution in [-0.4, -0.2) is 11.5 Å². The fourth-order valence-corrected chi connectivity index (χ4v) is 3.22. The summed E-state index contributed by atoms with van der Waals surface area (Å²) >= 11 is 0. The summed E-state index contributed by atoms with van der Waals surface area (Å²) in [7, 11) is 0. The molecule has 2 heteroatoms. The first-order chi connectivity index (χ1) is 8.16. The van der Waals surface area contributed by atoms with Gasteiger partial charge >= 0.3 is 0 Å². The van der Waals surface area contributed by atoms with E-state index in [2.05, 4.69) is 43.1 Å². The molecule has 1 aliphatic rings. The third-order valence-electron chi connectivity index (χ3n) is 4.35. The zero-order valence-corrected chi connectivity index (χ0v) is 10.4. The largest absolute Gasteiger partial charge is 0.330 e. The van der Waals surface area contributed by atoms with Gasteiger partial charge in [0.1, 0.15) is 0 Å². The molecule has 1 aliphatic carbocycles. The van der Waals surface area contributed by atoms with Crippen molar-refractivity contribution in [2.75, 3.05) is 6.54 Å². The number of aromatic nitrogens is 1. The van der Waals surface area contributed by atoms with Gasteiger partial charge < -0.3 is 5.73 Å². The van der Waals surface area contributed by atoms with E-state index in [1.807, 2.05) is 12.4 Å². The van der Waals surface area contributed by atoms with Crippen LogP contribution < -0.4 is 5.73 Å². The molecule has 1 aromatic carbocycles. The summed E-state index contributed by atoms with van der Waals surface area (Å²) in [6.45, 7) is 5.41. The number of nitrogens with zero attached hydrogens (tertiary/aromatic N) is 1. The Morgan fingerprint density at radius 1 is 1.29 bits per heavy atom. The fraction of sp³-hybridized carbons (Fsp3) is 0.400. The van der Waals surface area contributed by atoms with Gasteiger partial charge in [0.05, 0.1) is 0 Å². The van der Waals surface area contributed by atoms with E-state index in [9.17, 15) is 0 Å². The van der Waals surface area contributed by atoms with Crippen molar-refractivity contribution in [1.29, 1.82) is 0 Å². The van der Waals surface area contributed by atoms with E-state index in [0.29, 0.717) is 17.3 Å². The summed E-state index contributed by atoms with van der Waals surface area (Å²) in [5, 5.41) is 2.56. The zero-order chi connectivity index (χ0) is 12.0. The molecule has 1 aromatic heterocycles. The average molecular weight is 226 g/mol. The third kappa shape index (κ3) is 1.48. The molecule has 2 N–H and O–H groups in total. The molecule has 0 unspecified atom stereocenters. The standard InChI is InChI=1S/C15H18N2/c1-15(2)13(8-16)14(15)12-5-3-4-10-9-17-7-6-11(10)12/h3-7,9,13-14H,8,16H2,1-2H3/t13-,14-/m1/s1. The highest BCUT2D eigenvalue weighted by Gasteiger charge is 2.57. The van der Waals surface area contributed by atoms with Crippen molar-refractivity contribution >= 4 is 10.8 Å². The van der Waals surface area contributed by atoms with Crippen LogP contribution in [0.25, 0.3) is 10.8 Å². The zero-order valence-electron chi connectivity index (χ0n) is 10.4. The molecule has 1 saturated carbocycles. The maximum Gasteiger partial charge on any atom is 0.0346 e. The Morgan fingerprint density at radius 3 is 2.82 bits per heavy atom. The van der Waals surface area contributed by atoms with Gasteiger partial charge in [0.2, 0.25) is 0 Å². The second kappa shape index (κ2) is 3.54. The van der Waals surface area contributed by atoms with Gasteiger partial charge in [0, 0.05) is 17.8 Å². The molecule has 0 spiro atoms. The van der Waals surface area contributed by atoms with Crippen LogP contribution in [0.5, 0.6) is 0 Å². The van der Waals surface area contributed by atoms with Gasteiger partial charge in [-0.3, -0.25) is 4.98 Å². The minimum Gasteiger partial charge on any atom is -0.330 e. The number of benzene rings is 1. The van der Waals surface area contributed by atoms with Crippen molar-refractivity contribution in [3.63, 3.8) is 0 Å². The highest BCUT2D eigenvalue weighted by atomic mass is 14.7. The predicted octanol–water partition coefficient (Wildman–Crippen LogP) is 2.93. The van der Waals surface area contributed by atoms with Crippen LogP contribution in [-0.2, 0) is 0 Å². The Hall–Kier alpha value is -1.41. The molecule has 0 saturated heterocycles. The molecule has 2 atom stereocenters. The molecule has 0 amide bonds.